The highest BCUT2D eigenvalue weighted by molar-refractivity contribution is 5.95. The monoisotopic (exact) mass is 355 g/mol. The molecule has 0 amide bonds. The van der Waals surface area contributed by atoms with Crippen molar-refractivity contribution in [2.45, 2.75) is 13.8 Å². The van der Waals surface area contributed by atoms with Crippen LogP contribution in [0.4, 0.5) is 11.5 Å². The molecule has 6 heteroatoms. The molecular weight excluding hydrogens is 338 g/mol. The van der Waals surface area contributed by atoms with E-state index in [2.05, 4.69) is 28.3 Å². The zero-order chi connectivity index (χ0) is 18.5. The number of aryl methyl sites for hydroxylation is 1. The van der Waals surface area contributed by atoms with E-state index in [1.165, 1.54) is 4.73 Å². The van der Waals surface area contributed by atoms with Crippen LogP contribution < -0.4 is 5.32 Å². The lowest BCUT2D eigenvalue weighted by Gasteiger charge is -2.11. The summed E-state index contributed by atoms with van der Waals surface area (Å²) in [5.41, 5.74) is 6.88. The predicted octanol–water partition coefficient (Wildman–Crippen LogP) is 4.59. The number of anilines is 2. The molecule has 3 aromatic heterocycles. The van der Waals surface area contributed by atoms with Gasteiger partial charge in [-0.3, -0.25) is 4.98 Å². The normalized spacial score (nSPS) is 11.8. The van der Waals surface area contributed by atoms with Crippen LogP contribution in [0, 0.1) is 13.8 Å². The van der Waals surface area contributed by atoms with Gasteiger partial charge in [0.1, 0.15) is 17.2 Å². The summed E-state index contributed by atoms with van der Waals surface area (Å²) in [6, 6.07) is 11.7. The number of fused-ring (bicyclic) bond motifs is 5. The third-order valence-electron chi connectivity index (χ3n) is 5.09. The van der Waals surface area contributed by atoms with Gasteiger partial charge in [0, 0.05) is 35.3 Å². The molecule has 0 atom stereocenters. The van der Waals surface area contributed by atoms with E-state index < -0.39 is 0 Å². The van der Waals surface area contributed by atoms with Crippen LogP contribution in [0.1, 0.15) is 11.1 Å². The van der Waals surface area contributed by atoms with Crippen molar-refractivity contribution < 1.29 is 5.21 Å². The number of pyridine rings is 2. The molecule has 1 aliphatic heterocycles. The van der Waals surface area contributed by atoms with Gasteiger partial charge in [-0.2, -0.15) is 4.73 Å². The maximum absolute atomic E-state index is 11.1. The molecule has 0 bridgehead atoms. The van der Waals surface area contributed by atoms with Gasteiger partial charge in [0.2, 0.25) is 0 Å². The summed E-state index contributed by atoms with van der Waals surface area (Å²) in [6.45, 7) is 4.09. The van der Waals surface area contributed by atoms with E-state index in [9.17, 15) is 5.21 Å². The molecule has 6 nitrogen and oxygen atoms in total. The second-order valence-corrected chi connectivity index (χ2v) is 6.64. The lowest BCUT2D eigenvalue weighted by Crippen LogP contribution is -2.01. The van der Waals surface area contributed by atoms with E-state index in [0.717, 1.165) is 33.5 Å². The Labute approximate surface area is 156 Å². The van der Waals surface area contributed by atoms with Crippen LogP contribution in [0.15, 0.2) is 55.0 Å². The smallest absolute Gasteiger partial charge is 0.176 e. The molecule has 0 aliphatic carbocycles. The van der Waals surface area contributed by atoms with Crippen LogP contribution in [0.3, 0.4) is 0 Å². The Balaban J connectivity index is 1.87. The van der Waals surface area contributed by atoms with Crippen LogP contribution in [0.5, 0.6) is 0 Å². The van der Waals surface area contributed by atoms with Gasteiger partial charge in [-0.1, -0.05) is 18.2 Å². The number of nitrogens with zero attached hydrogens (tertiary/aromatic N) is 4. The fraction of sp³-hybridized carbons (Fsp3) is 0.0952. The number of nitrogens with one attached hydrogen (secondary N) is 1. The molecule has 0 spiro atoms. The van der Waals surface area contributed by atoms with E-state index in [1.807, 2.05) is 37.3 Å². The van der Waals surface area contributed by atoms with Gasteiger partial charge in [-0.05, 0) is 43.2 Å². The lowest BCUT2D eigenvalue weighted by molar-refractivity contribution is 0.195. The summed E-state index contributed by atoms with van der Waals surface area (Å²) < 4.78 is 1.17. The molecule has 1 aliphatic rings. The maximum atomic E-state index is 11.1. The molecule has 4 heterocycles. The largest absolute Gasteiger partial charge is 0.426 e. The Morgan fingerprint density at radius 3 is 2.70 bits per heavy atom. The number of benzene rings is 1. The van der Waals surface area contributed by atoms with Crippen LogP contribution in [-0.2, 0) is 0 Å². The van der Waals surface area contributed by atoms with Gasteiger partial charge in [0.25, 0.3) is 0 Å². The second kappa shape index (κ2) is 5.67. The summed E-state index contributed by atoms with van der Waals surface area (Å²) in [7, 11) is 0. The van der Waals surface area contributed by atoms with Gasteiger partial charge in [-0.15, -0.1) is 0 Å². The summed E-state index contributed by atoms with van der Waals surface area (Å²) in [4.78, 5) is 13.5. The first-order chi connectivity index (χ1) is 13.1. The van der Waals surface area contributed by atoms with Gasteiger partial charge in [0.05, 0.1) is 5.69 Å². The highest BCUT2D eigenvalue weighted by atomic mass is 16.5. The van der Waals surface area contributed by atoms with E-state index in [-0.39, 0.29) is 0 Å². The molecule has 0 saturated heterocycles. The molecule has 0 saturated carbocycles. The zero-order valence-electron chi connectivity index (χ0n) is 14.9. The summed E-state index contributed by atoms with van der Waals surface area (Å²) in [6.07, 6.45) is 5.20. The Hall–Kier alpha value is -3.67. The molecule has 0 radical (unpaired) electrons. The van der Waals surface area contributed by atoms with Crippen molar-refractivity contribution in [3.05, 3.63) is 66.1 Å². The second-order valence-electron chi connectivity index (χ2n) is 6.64. The Morgan fingerprint density at radius 1 is 0.963 bits per heavy atom. The van der Waals surface area contributed by atoms with Crippen molar-refractivity contribution in [1.29, 1.82) is 0 Å². The average Bonchev–Trinajstić information content (AvgIpc) is 2.94. The Kier molecular flexibility index (Phi) is 3.27. The first kappa shape index (κ1) is 15.6. The Bertz CT molecular complexity index is 1200. The number of aromatic nitrogens is 4. The minimum Gasteiger partial charge on any atom is -0.426 e. The van der Waals surface area contributed by atoms with Crippen LogP contribution >= 0.6 is 0 Å². The van der Waals surface area contributed by atoms with Crippen LogP contribution in [0.25, 0.3) is 33.9 Å². The summed E-state index contributed by atoms with van der Waals surface area (Å²) in [5.74, 6) is 1.18. The van der Waals surface area contributed by atoms with Gasteiger partial charge < -0.3 is 10.5 Å². The third kappa shape index (κ3) is 2.23. The Morgan fingerprint density at radius 2 is 1.81 bits per heavy atom. The molecule has 27 heavy (non-hydrogen) atoms. The third-order valence-corrected chi connectivity index (χ3v) is 5.09. The number of hydrogen-bond acceptors (Lipinski definition) is 5. The first-order valence-corrected chi connectivity index (χ1v) is 8.70. The number of imidazole rings is 1. The van der Waals surface area contributed by atoms with Crippen molar-refractivity contribution >= 4 is 11.5 Å². The molecule has 2 N–H and O–H groups in total. The summed E-state index contributed by atoms with van der Waals surface area (Å²) >= 11 is 0. The highest BCUT2D eigenvalue weighted by Gasteiger charge is 2.28. The number of rotatable bonds is 1. The van der Waals surface area contributed by atoms with E-state index in [1.54, 1.807) is 18.6 Å². The van der Waals surface area contributed by atoms with Crippen molar-refractivity contribution in [3.8, 4) is 33.9 Å². The summed E-state index contributed by atoms with van der Waals surface area (Å²) in [5, 5.41) is 14.4. The van der Waals surface area contributed by atoms with Gasteiger partial charge >= 0.3 is 0 Å². The van der Waals surface area contributed by atoms with E-state index >= 15 is 0 Å². The van der Waals surface area contributed by atoms with Gasteiger partial charge in [0.15, 0.2) is 5.82 Å². The van der Waals surface area contributed by atoms with E-state index in [0.29, 0.717) is 23.0 Å². The van der Waals surface area contributed by atoms with Crippen molar-refractivity contribution in [2.75, 3.05) is 5.32 Å². The van der Waals surface area contributed by atoms with Crippen molar-refractivity contribution in [2.24, 2.45) is 0 Å². The molecule has 0 unspecified atom stereocenters. The molecule has 0 fully saturated rings. The molecule has 132 valence electrons. The average molecular weight is 355 g/mol. The van der Waals surface area contributed by atoms with Crippen LogP contribution in [0.2, 0.25) is 0 Å². The van der Waals surface area contributed by atoms with Crippen LogP contribution in [-0.4, -0.2) is 24.9 Å². The number of hydrogen-bond donors (Lipinski definition) is 2. The molecule has 1 aromatic carbocycles. The maximum Gasteiger partial charge on any atom is 0.176 e. The molecular formula is C21H17N5O. The van der Waals surface area contributed by atoms with E-state index in [4.69, 9.17) is 4.98 Å². The topological polar surface area (TPSA) is 75.9 Å². The fourth-order valence-electron chi connectivity index (χ4n) is 3.53. The fourth-order valence-corrected chi connectivity index (χ4v) is 3.53. The zero-order valence-corrected chi connectivity index (χ0v) is 14.9. The first-order valence-electron chi connectivity index (χ1n) is 8.70. The predicted molar refractivity (Wildman–Crippen MR) is 104 cm³/mol. The standard InChI is InChI=1S/C21H17N5O/c1-12-5-3-6-14(13(12)2)21-25-18-16-11-22-10-8-17(16)24-20-15(7-4-9-23-20)19(18)26(21)27/h3-11,27H,1-2H3,(H,23,24). The van der Waals surface area contributed by atoms with Crippen molar-refractivity contribution in [1.82, 2.24) is 19.7 Å². The highest BCUT2D eigenvalue weighted by Crippen LogP contribution is 2.44. The minimum absolute atomic E-state index is 0.507. The quantitative estimate of drug-likeness (QED) is 0.430. The molecule has 5 rings (SSSR count). The minimum atomic E-state index is 0.507. The van der Waals surface area contributed by atoms with Gasteiger partial charge in [-0.25, -0.2) is 9.97 Å². The van der Waals surface area contributed by atoms with Crippen molar-refractivity contribution in [3.63, 3.8) is 0 Å². The SMILES string of the molecule is Cc1cccc(-c2nc3c(n2O)-c2cccnc2Nc2ccncc2-3)c1C. The lowest BCUT2D eigenvalue weighted by atomic mass is 10.0. The molecule has 4 aromatic rings.